The monoisotopic (exact) mass is 774 g/mol. The van der Waals surface area contributed by atoms with Gasteiger partial charge in [0, 0.05) is 44.2 Å². The Morgan fingerprint density at radius 3 is 2.39 bits per heavy atom. The summed E-state index contributed by atoms with van der Waals surface area (Å²) in [5.74, 6) is 1.39. The zero-order valence-corrected chi connectivity index (χ0v) is 34.0. The van der Waals surface area contributed by atoms with Gasteiger partial charge in [-0.3, -0.25) is 14.4 Å². The molecule has 1 aromatic heterocycles. The van der Waals surface area contributed by atoms with Crippen LogP contribution in [0.4, 0.5) is 23.1 Å². The van der Waals surface area contributed by atoms with Gasteiger partial charge >= 0.3 is 5.97 Å². The second kappa shape index (κ2) is 19.1. The number of nitrogens with zero attached hydrogens (tertiary/aromatic N) is 5. The second-order valence-corrected chi connectivity index (χ2v) is 16.4. The van der Waals surface area contributed by atoms with Gasteiger partial charge in [0.25, 0.3) is 5.91 Å². The van der Waals surface area contributed by atoms with Crippen LogP contribution < -0.4 is 30.5 Å². The number of piperidine rings is 1. The maximum absolute atomic E-state index is 13.4. The molecule has 306 valence electrons. The number of aromatic nitrogens is 2. The number of anilines is 4. The van der Waals surface area contributed by atoms with Crippen molar-refractivity contribution in [2.24, 2.45) is 5.92 Å². The van der Waals surface area contributed by atoms with E-state index in [-0.39, 0.29) is 53.8 Å². The van der Waals surface area contributed by atoms with E-state index >= 15 is 0 Å². The molecule has 3 amide bonds. The number of fused-ring (bicyclic) bond motifs is 1. The number of nitrogens with one attached hydrogen (secondary N) is 3. The van der Waals surface area contributed by atoms with Crippen LogP contribution in [-0.2, 0) is 19.1 Å². The van der Waals surface area contributed by atoms with Gasteiger partial charge in [0.05, 0.1) is 19.0 Å². The summed E-state index contributed by atoms with van der Waals surface area (Å²) in [5, 5.41) is 9.43. The number of ether oxygens (including phenoxy) is 2. The maximum atomic E-state index is 13.4. The molecular weight excluding hydrogens is 713 g/mol. The number of esters is 1. The first-order chi connectivity index (χ1) is 27.0. The summed E-state index contributed by atoms with van der Waals surface area (Å²) >= 11 is 0. The highest BCUT2D eigenvalue weighted by Gasteiger charge is 2.41. The van der Waals surface area contributed by atoms with Gasteiger partial charge in [-0.2, -0.15) is 4.98 Å². The normalized spacial score (nSPS) is 20.2. The SMILES string of the molecule is CC[C@@H]1C(=O)N(C)c2cnc(Nc3ccc(C(=O)NC4CCN(CCCC(=O)N[C@@H](CC(C)C)C(=O)OC5CCCC5)CC4)cc3OC)nc2N1C1CCCC1. The second-order valence-electron chi connectivity index (χ2n) is 16.4. The predicted molar refractivity (Wildman–Crippen MR) is 216 cm³/mol. The van der Waals surface area contributed by atoms with Crippen molar-refractivity contribution in [3.8, 4) is 5.75 Å². The van der Waals surface area contributed by atoms with Gasteiger partial charge in [0.2, 0.25) is 17.8 Å². The third kappa shape index (κ3) is 10.1. The third-order valence-electron chi connectivity index (χ3n) is 11.8. The summed E-state index contributed by atoms with van der Waals surface area (Å²) < 4.78 is 11.4. The minimum atomic E-state index is -0.601. The number of carbonyl (C=O) groups is 4. The highest BCUT2D eigenvalue weighted by atomic mass is 16.5. The van der Waals surface area contributed by atoms with Crippen molar-refractivity contribution in [2.75, 3.05) is 48.9 Å². The Morgan fingerprint density at radius 2 is 1.71 bits per heavy atom. The molecule has 0 bridgehead atoms. The zero-order chi connectivity index (χ0) is 39.8. The van der Waals surface area contributed by atoms with Crippen molar-refractivity contribution in [2.45, 2.75) is 141 Å². The summed E-state index contributed by atoms with van der Waals surface area (Å²) in [6.07, 6.45) is 14.0. The molecule has 4 aliphatic rings. The first kappa shape index (κ1) is 41.2. The number of likely N-dealkylation sites (tertiary alicyclic amines) is 1. The molecule has 6 rings (SSSR count). The summed E-state index contributed by atoms with van der Waals surface area (Å²) in [5.41, 5.74) is 1.83. The van der Waals surface area contributed by atoms with Gasteiger partial charge in [0.1, 0.15) is 29.6 Å². The maximum Gasteiger partial charge on any atom is 0.328 e. The smallest absolute Gasteiger partial charge is 0.328 e. The lowest BCUT2D eigenvalue weighted by molar-refractivity contribution is -0.153. The fourth-order valence-corrected chi connectivity index (χ4v) is 8.74. The number of methoxy groups -OCH3 is 1. The van der Waals surface area contributed by atoms with Crippen molar-refractivity contribution in [1.29, 1.82) is 0 Å². The molecule has 3 fully saturated rings. The number of rotatable bonds is 16. The van der Waals surface area contributed by atoms with Crippen LogP contribution in [0.2, 0.25) is 0 Å². The number of likely N-dealkylation sites (N-methyl/N-ethyl adjacent to an activating group) is 1. The number of amides is 3. The highest BCUT2D eigenvalue weighted by Crippen LogP contribution is 2.40. The van der Waals surface area contributed by atoms with Gasteiger partial charge in [0.15, 0.2) is 5.82 Å². The summed E-state index contributed by atoms with van der Waals surface area (Å²) in [6, 6.07) is 4.74. The van der Waals surface area contributed by atoms with Crippen LogP contribution >= 0.6 is 0 Å². The van der Waals surface area contributed by atoms with Gasteiger partial charge in [-0.1, -0.05) is 33.6 Å². The average molecular weight is 775 g/mol. The van der Waals surface area contributed by atoms with Crippen molar-refractivity contribution < 1.29 is 28.7 Å². The number of hydrogen-bond donors (Lipinski definition) is 3. The Hall–Kier alpha value is -4.46. The summed E-state index contributed by atoms with van der Waals surface area (Å²) in [6.45, 7) is 8.56. The molecule has 0 unspecified atom stereocenters. The fourth-order valence-electron chi connectivity index (χ4n) is 8.74. The Morgan fingerprint density at radius 1 is 1.00 bits per heavy atom. The van der Waals surface area contributed by atoms with E-state index in [1.54, 1.807) is 43.5 Å². The molecule has 2 atom stereocenters. The molecule has 56 heavy (non-hydrogen) atoms. The van der Waals surface area contributed by atoms with Gasteiger partial charge in [-0.15, -0.1) is 0 Å². The number of benzene rings is 1. The van der Waals surface area contributed by atoms with E-state index in [4.69, 9.17) is 14.5 Å². The lowest BCUT2D eigenvalue weighted by atomic mass is 10.0. The van der Waals surface area contributed by atoms with Crippen LogP contribution in [0.3, 0.4) is 0 Å². The third-order valence-corrected chi connectivity index (χ3v) is 11.8. The van der Waals surface area contributed by atoms with Crippen LogP contribution in [0.25, 0.3) is 0 Å². The molecule has 0 spiro atoms. The fraction of sp³-hybridized carbons (Fsp3) is 0.667. The van der Waals surface area contributed by atoms with Gasteiger partial charge < -0.3 is 40.1 Å². The Balaban J connectivity index is 0.976. The van der Waals surface area contributed by atoms with Crippen LogP contribution in [0.1, 0.15) is 121 Å². The van der Waals surface area contributed by atoms with E-state index < -0.39 is 6.04 Å². The molecule has 2 aliphatic heterocycles. The first-order valence-corrected chi connectivity index (χ1v) is 21.0. The van der Waals surface area contributed by atoms with E-state index in [0.717, 1.165) is 89.7 Å². The molecule has 2 saturated carbocycles. The zero-order valence-electron chi connectivity index (χ0n) is 34.0. The molecule has 1 saturated heterocycles. The number of carbonyl (C=O) groups excluding carboxylic acids is 4. The van der Waals surface area contributed by atoms with E-state index in [1.807, 2.05) is 20.8 Å². The van der Waals surface area contributed by atoms with E-state index in [1.165, 1.54) is 0 Å². The molecule has 3 heterocycles. The Bertz CT molecular complexity index is 1680. The lowest BCUT2D eigenvalue weighted by Crippen LogP contribution is -2.55. The van der Waals surface area contributed by atoms with E-state index in [0.29, 0.717) is 54.3 Å². The summed E-state index contributed by atoms with van der Waals surface area (Å²) in [7, 11) is 3.36. The van der Waals surface area contributed by atoms with Gasteiger partial charge in [-0.25, -0.2) is 9.78 Å². The Labute approximate surface area is 331 Å². The molecular formula is C42H62N8O6. The van der Waals surface area contributed by atoms with Crippen LogP contribution in [0, 0.1) is 5.92 Å². The van der Waals surface area contributed by atoms with Crippen LogP contribution in [0.15, 0.2) is 24.4 Å². The lowest BCUT2D eigenvalue weighted by Gasteiger charge is -2.43. The van der Waals surface area contributed by atoms with Crippen molar-refractivity contribution >= 4 is 46.8 Å². The molecule has 0 radical (unpaired) electrons. The molecule has 1 aromatic carbocycles. The summed E-state index contributed by atoms with van der Waals surface area (Å²) in [4.78, 5) is 68.0. The van der Waals surface area contributed by atoms with Crippen LogP contribution in [-0.4, -0.2) is 103 Å². The average Bonchev–Trinajstić information content (AvgIpc) is 3.92. The first-order valence-electron chi connectivity index (χ1n) is 21.0. The molecule has 14 heteroatoms. The Kier molecular flexibility index (Phi) is 14.1. The minimum absolute atomic E-state index is 0.0189. The number of hydrogen-bond acceptors (Lipinski definition) is 11. The molecule has 3 N–H and O–H groups in total. The van der Waals surface area contributed by atoms with Crippen LogP contribution in [0.5, 0.6) is 5.75 Å². The minimum Gasteiger partial charge on any atom is -0.495 e. The van der Waals surface area contributed by atoms with E-state index in [2.05, 4.69) is 30.7 Å². The highest BCUT2D eigenvalue weighted by molar-refractivity contribution is 6.04. The van der Waals surface area contributed by atoms with Gasteiger partial charge in [-0.05, 0) is 101 Å². The molecule has 2 aromatic rings. The predicted octanol–water partition coefficient (Wildman–Crippen LogP) is 5.72. The molecule has 14 nitrogen and oxygen atoms in total. The topological polar surface area (TPSA) is 158 Å². The van der Waals surface area contributed by atoms with Crippen molar-refractivity contribution in [3.05, 3.63) is 30.0 Å². The largest absolute Gasteiger partial charge is 0.495 e. The van der Waals surface area contributed by atoms with E-state index in [9.17, 15) is 19.2 Å². The van der Waals surface area contributed by atoms with Crippen molar-refractivity contribution in [1.82, 2.24) is 25.5 Å². The quantitative estimate of drug-likeness (QED) is 0.179. The molecule has 2 aliphatic carbocycles. The standard InChI is InChI=1S/C42H62N8O6/c1-6-34-40(53)48(4)35-26-43-42(47-38(35)50(34)30-12-7-8-13-30)46-32-18-17-28(25-36(32)55-5)39(52)44-29-19-22-49(23-20-29)21-11-16-37(51)45-33(24-27(2)3)41(54)56-31-14-9-10-15-31/h17-18,25-27,29-31,33-34H,6-16,19-24H2,1-5H3,(H,44,52)(H,45,51)(H,43,46,47)/t33-,34+/m0/s1. The van der Waals surface area contributed by atoms with Crippen molar-refractivity contribution in [3.63, 3.8) is 0 Å².